The Balaban J connectivity index is 1.60. The number of hydrogen-bond donors (Lipinski definition) is 0. The molecule has 1 saturated heterocycles. The van der Waals surface area contributed by atoms with E-state index in [9.17, 15) is 8.42 Å². The summed E-state index contributed by atoms with van der Waals surface area (Å²) < 4.78 is 25.7. The van der Waals surface area contributed by atoms with E-state index in [-0.39, 0.29) is 6.04 Å². The number of aromatic nitrogens is 1. The SMILES string of the molecule is C[C@@H]1Cc2cc(-c3csc(N4CCN(C)CC4)n3)ccc2N1S(C)(=O)=O. The van der Waals surface area contributed by atoms with Gasteiger partial charge in [0.25, 0.3) is 0 Å². The molecule has 2 aliphatic rings. The molecule has 26 heavy (non-hydrogen) atoms. The summed E-state index contributed by atoms with van der Waals surface area (Å²) in [6.07, 6.45) is 2.01. The third-order valence-electron chi connectivity index (χ3n) is 5.15. The third-order valence-corrected chi connectivity index (χ3v) is 7.32. The van der Waals surface area contributed by atoms with Crippen LogP contribution in [0.2, 0.25) is 0 Å². The maximum Gasteiger partial charge on any atom is 0.232 e. The molecule has 2 aliphatic heterocycles. The molecule has 3 heterocycles. The van der Waals surface area contributed by atoms with Crippen molar-refractivity contribution in [2.45, 2.75) is 19.4 Å². The minimum Gasteiger partial charge on any atom is -0.346 e. The molecule has 0 radical (unpaired) electrons. The Hall–Kier alpha value is -1.64. The lowest BCUT2D eigenvalue weighted by Crippen LogP contribution is -2.44. The Morgan fingerprint density at radius 2 is 1.92 bits per heavy atom. The van der Waals surface area contributed by atoms with E-state index in [0.717, 1.165) is 60.2 Å². The van der Waals surface area contributed by atoms with Crippen LogP contribution in [0, 0.1) is 0 Å². The van der Waals surface area contributed by atoms with Gasteiger partial charge in [0.15, 0.2) is 5.13 Å². The van der Waals surface area contributed by atoms with Crippen molar-refractivity contribution in [3.05, 3.63) is 29.1 Å². The van der Waals surface area contributed by atoms with Gasteiger partial charge < -0.3 is 9.80 Å². The second-order valence-corrected chi connectivity index (χ2v) is 9.96. The number of benzene rings is 1. The van der Waals surface area contributed by atoms with E-state index >= 15 is 0 Å². The number of thiazole rings is 1. The molecule has 140 valence electrons. The van der Waals surface area contributed by atoms with Gasteiger partial charge in [-0.25, -0.2) is 13.4 Å². The molecule has 0 saturated carbocycles. The van der Waals surface area contributed by atoms with Crippen molar-refractivity contribution in [3.63, 3.8) is 0 Å². The molecule has 1 atom stereocenters. The van der Waals surface area contributed by atoms with E-state index in [1.165, 1.54) is 10.6 Å². The molecule has 0 aliphatic carbocycles. The molecule has 1 aromatic heterocycles. The number of anilines is 2. The topological polar surface area (TPSA) is 56.8 Å². The van der Waals surface area contributed by atoms with Gasteiger partial charge in [-0.05, 0) is 38.1 Å². The average molecular weight is 393 g/mol. The van der Waals surface area contributed by atoms with Crippen LogP contribution in [0.15, 0.2) is 23.6 Å². The van der Waals surface area contributed by atoms with Crippen molar-refractivity contribution in [1.29, 1.82) is 0 Å². The number of hydrogen-bond acceptors (Lipinski definition) is 6. The number of rotatable bonds is 3. The van der Waals surface area contributed by atoms with Crippen molar-refractivity contribution in [3.8, 4) is 11.3 Å². The van der Waals surface area contributed by atoms with Crippen LogP contribution in [0.4, 0.5) is 10.8 Å². The lowest BCUT2D eigenvalue weighted by atomic mass is 10.1. The number of sulfonamides is 1. The summed E-state index contributed by atoms with van der Waals surface area (Å²) in [5.74, 6) is 0. The van der Waals surface area contributed by atoms with Crippen LogP contribution in [-0.4, -0.2) is 63.8 Å². The second kappa shape index (κ2) is 6.51. The van der Waals surface area contributed by atoms with E-state index in [4.69, 9.17) is 4.98 Å². The van der Waals surface area contributed by atoms with Gasteiger partial charge in [-0.2, -0.15) is 0 Å². The molecule has 8 heteroatoms. The fraction of sp³-hybridized carbons (Fsp3) is 0.500. The molecular weight excluding hydrogens is 368 g/mol. The first-order chi connectivity index (χ1) is 12.3. The molecule has 4 rings (SSSR count). The number of fused-ring (bicyclic) bond motifs is 1. The highest BCUT2D eigenvalue weighted by molar-refractivity contribution is 7.92. The number of likely N-dealkylation sites (N-methyl/N-ethyl adjacent to an activating group) is 1. The second-order valence-electron chi connectivity index (χ2n) is 7.26. The van der Waals surface area contributed by atoms with Gasteiger partial charge in [0.2, 0.25) is 10.0 Å². The van der Waals surface area contributed by atoms with Gasteiger partial charge in [-0.3, -0.25) is 4.31 Å². The van der Waals surface area contributed by atoms with Crippen molar-refractivity contribution in [1.82, 2.24) is 9.88 Å². The summed E-state index contributed by atoms with van der Waals surface area (Å²) in [6.45, 7) is 6.10. The van der Waals surface area contributed by atoms with E-state index in [1.807, 2.05) is 19.1 Å². The van der Waals surface area contributed by atoms with Gasteiger partial charge in [0.1, 0.15) is 0 Å². The van der Waals surface area contributed by atoms with Crippen LogP contribution in [0.3, 0.4) is 0 Å². The zero-order valence-corrected chi connectivity index (χ0v) is 17.0. The van der Waals surface area contributed by atoms with Crippen LogP contribution >= 0.6 is 11.3 Å². The summed E-state index contributed by atoms with van der Waals surface area (Å²) in [7, 11) is -1.10. The van der Waals surface area contributed by atoms with Crippen LogP contribution in [-0.2, 0) is 16.4 Å². The Labute approximate surface area is 159 Å². The van der Waals surface area contributed by atoms with Crippen LogP contribution in [0.25, 0.3) is 11.3 Å². The van der Waals surface area contributed by atoms with Gasteiger partial charge >= 0.3 is 0 Å². The van der Waals surface area contributed by atoms with Crippen molar-refractivity contribution in [2.24, 2.45) is 0 Å². The molecular formula is C18H24N4O2S2. The lowest BCUT2D eigenvalue weighted by Gasteiger charge is -2.32. The van der Waals surface area contributed by atoms with E-state index in [0.29, 0.717) is 0 Å². The van der Waals surface area contributed by atoms with E-state index in [2.05, 4.69) is 28.3 Å². The zero-order chi connectivity index (χ0) is 18.5. The van der Waals surface area contributed by atoms with Gasteiger partial charge in [-0.1, -0.05) is 6.07 Å². The highest BCUT2D eigenvalue weighted by atomic mass is 32.2. The fourth-order valence-corrected chi connectivity index (χ4v) is 5.96. The molecule has 0 unspecified atom stereocenters. The predicted molar refractivity (Wildman–Crippen MR) is 108 cm³/mol. The third kappa shape index (κ3) is 3.21. The first kappa shape index (κ1) is 17.8. The minimum atomic E-state index is -3.25. The highest BCUT2D eigenvalue weighted by Gasteiger charge is 2.32. The molecule has 1 aromatic carbocycles. The Morgan fingerprint density at radius 3 is 2.62 bits per heavy atom. The maximum absolute atomic E-state index is 12.1. The average Bonchev–Trinajstić information content (AvgIpc) is 3.17. The molecule has 6 nitrogen and oxygen atoms in total. The Morgan fingerprint density at radius 1 is 1.19 bits per heavy atom. The summed E-state index contributed by atoms with van der Waals surface area (Å²) in [5.41, 5.74) is 3.91. The number of nitrogens with zero attached hydrogens (tertiary/aromatic N) is 4. The molecule has 2 aromatic rings. The molecule has 0 spiro atoms. The maximum atomic E-state index is 12.1. The molecule has 0 N–H and O–H groups in total. The summed E-state index contributed by atoms with van der Waals surface area (Å²) in [6, 6.07) is 5.97. The van der Waals surface area contributed by atoms with E-state index in [1.54, 1.807) is 11.3 Å². The monoisotopic (exact) mass is 392 g/mol. The smallest absolute Gasteiger partial charge is 0.232 e. The lowest BCUT2D eigenvalue weighted by molar-refractivity contribution is 0.313. The largest absolute Gasteiger partial charge is 0.346 e. The van der Waals surface area contributed by atoms with E-state index < -0.39 is 10.0 Å². The Kier molecular flexibility index (Phi) is 4.45. The minimum absolute atomic E-state index is 0.0356. The van der Waals surface area contributed by atoms with Gasteiger partial charge in [0.05, 0.1) is 17.6 Å². The molecule has 0 amide bonds. The summed E-state index contributed by atoms with van der Waals surface area (Å²) in [5, 5.41) is 3.17. The highest BCUT2D eigenvalue weighted by Crippen LogP contribution is 2.37. The number of piperazine rings is 1. The van der Waals surface area contributed by atoms with Crippen LogP contribution in [0.5, 0.6) is 0 Å². The summed E-state index contributed by atoms with van der Waals surface area (Å²) >= 11 is 1.68. The predicted octanol–water partition coefficient (Wildman–Crippen LogP) is 2.27. The quantitative estimate of drug-likeness (QED) is 0.802. The zero-order valence-electron chi connectivity index (χ0n) is 15.3. The molecule has 1 fully saturated rings. The molecule has 0 bridgehead atoms. The first-order valence-electron chi connectivity index (χ1n) is 8.84. The van der Waals surface area contributed by atoms with Crippen LogP contribution in [0.1, 0.15) is 12.5 Å². The van der Waals surface area contributed by atoms with Gasteiger partial charge in [0, 0.05) is 43.2 Å². The van der Waals surface area contributed by atoms with Gasteiger partial charge in [-0.15, -0.1) is 11.3 Å². The normalized spacial score (nSPS) is 21.3. The van der Waals surface area contributed by atoms with Crippen molar-refractivity contribution in [2.75, 3.05) is 48.7 Å². The van der Waals surface area contributed by atoms with Crippen molar-refractivity contribution >= 4 is 32.2 Å². The first-order valence-corrected chi connectivity index (χ1v) is 11.6. The van der Waals surface area contributed by atoms with Crippen LogP contribution < -0.4 is 9.21 Å². The fourth-order valence-electron chi connectivity index (χ4n) is 3.81. The van der Waals surface area contributed by atoms with Crippen molar-refractivity contribution < 1.29 is 8.42 Å². The standard InChI is InChI=1S/C18H24N4O2S2/c1-13-10-15-11-14(4-5-17(15)22(13)26(3,23)24)16-12-25-18(19-16)21-8-6-20(2)7-9-21/h4-5,11-13H,6-10H2,1-3H3/t13-/m1/s1. The summed E-state index contributed by atoms with van der Waals surface area (Å²) in [4.78, 5) is 9.51. The Bertz CT molecular complexity index is 917.